The molecule has 0 atom stereocenters. The average molecular weight is 360 g/mol. The third-order valence-corrected chi connectivity index (χ3v) is 5.77. The fourth-order valence-corrected chi connectivity index (χ4v) is 3.11. The second kappa shape index (κ2) is 10.5. The van der Waals surface area contributed by atoms with Gasteiger partial charge in [-0.05, 0) is 46.2 Å². The Hall–Kier alpha value is -0.260. The topological polar surface area (TPSA) is 124 Å². The van der Waals surface area contributed by atoms with Crippen LogP contribution in [0.25, 0.3) is 0 Å². The number of aliphatic hydroxyl groups excluding tert-OH is 1. The SMILES string of the molecule is CC(C)S(=O)(=O)NCCCN(CCO)CCCCS(=O)(=O)O. The summed E-state index contributed by atoms with van der Waals surface area (Å²) in [5.74, 6) is -0.270. The van der Waals surface area contributed by atoms with E-state index < -0.39 is 25.4 Å². The van der Waals surface area contributed by atoms with Crippen LogP contribution in [0.3, 0.4) is 0 Å². The van der Waals surface area contributed by atoms with Crippen LogP contribution >= 0.6 is 0 Å². The molecule has 0 aliphatic heterocycles. The number of hydrogen-bond acceptors (Lipinski definition) is 6. The number of nitrogens with one attached hydrogen (secondary N) is 1. The molecule has 0 aromatic rings. The third-order valence-electron chi connectivity index (χ3n) is 3.12. The minimum absolute atomic E-state index is 0.0178. The van der Waals surface area contributed by atoms with E-state index in [9.17, 15) is 16.8 Å². The van der Waals surface area contributed by atoms with Crippen molar-refractivity contribution in [3.05, 3.63) is 0 Å². The van der Waals surface area contributed by atoms with Crippen LogP contribution in [0.2, 0.25) is 0 Å². The van der Waals surface area contributed by atoms with Gasteiger partial charge in [-0.2, -0.15) is 8.42 Å². The number of hydrogen-bond donors (Lipinski definition) is 3. The van der Waals surface area contributed by atoms with Gasteiger partial charge in [0.25, 0.3) is 10.1 Å². The van der Waals surface area contributed by atoms with Crippen molar-refractivity contribution in [2.45, 2.75) is 38.4 Å². The van der Waals surface area contributed by atoms with Gasteiger partial charge in [-0.1, -0.05) is 0 Å². The quantitative estimate of drug-likeness (QED) is 0.303. The molecule has 0 saturated carbocycles. The average Bonchev–Trinajstić information content (AvgIpc) is 2.38. The number of nitrogens with zero attached hydrogens (tertiary/aromatic N) is 1. The van der Waals surface area contributed by atoms with E-state index in [1.807, 2.05) is 4.90 Å². The van der Waals surface area contributed by atoms with Crippen molar-refractivity contribution in [1.29, 1.82) is 0 Å². The van der Waals surface area contributed by atoms with Gasteiger partial charge in [0.15, 0.2) is 0 Å². The van der Waals surface area contributed by atoms with E-state index in [0.29, 0.717) is 45.4 Å². The summed E-state index contributed by atoms with van der Waals surface area (Å²) < 4.78 is 55.5. The lowest BCUT2D eigenvalue weighted by molar-refractivity contribution is 0.193. The van der Waals surface area contributed by atoms with Gasteiger partial charge in [0.05, 0.1) is 17.6 Å². The lowest BCUT2D eigenvalue weighted by Crippen LogP contribution is -2.35. The van der Waals surface area contributed by atoms with Crippen molar-refractivity contribution in [1.82, 2.24) is 9.62 Å². The molecule has 0 fully saturated rings. The maximum absolute atomic E-state index is 11.6. The Bertz CT molecular complexity index is 490. The Morgan fingerprint density at radius 2 is 1.59 bits per heavy atom. The molecule has 0 aliphatic carbocycles. The normalized spacial score (nSPS) is 13.2. The fourth-order valence-electron chi connectivity index (χ4n) is 1.78. The van der Waals surface area contributed by atoms with Crippen molar-refractivity contribution in [2.75, 3.05) is 38.5 Å². The van der Waals surface area contributed by atoms with E-state index in [2.05, 4.69) is 4.72 Å². The summed E-state index contributed by atoms with van der Waals surface area (Å²) in [4.78, 5) is 1.94. The number of aliphatic hydroxyl groups is 1. The highest BCUT2D eigenvalue weighted by molar-refractivity contribution is 7.90. The van der Waals surface area contributed by atoms with Crippen LogP contribution in [0, 0.1) is 0 Å². The molecule has 22 heavy (non-hydrogen) atoms. The summed E-state index contributed by atoms with van der Waals surface area (Å²) in [7, 11) is -7.18. The van der Waals surface area contributed by atoms with Crippen LogP contribution in [0.4, 0.5) is 0 Å². The summed E-state index contributed by atoms with van der Waals surface area (Å²) in [5.41, 5.74) is 0. The van der Waals surface area contributed by atoms with Gasteiger partial charge in [0.1, 0.15) is 0 Å². The Balaban J connectivity index is 4.00. The second-order valence-corrected chi connectivity index (χ2v) is 9.29. The first-order valence-corrected chi connectivity index (χ1v) is 10.5. The molecule has 0 unspecified atom stereocenters. The molecule has 3 N–H and O–H groups in total. The standard InChI is InChI=1S/C12H28N2O6S2/c1-12(2)22(19,20)13-6-5-8-14(9-10-15)7-3-4-11-21(16,17)18/h12-13,15H,3-11H2,1-2H3,(H,16,17,18). The van der Waals surface area contributed by atoms with Gasteiger partial charge in [0.2, 0.25) is 10.0 Å². The van der Waals surface area contributed by atoms with Crippen LogP contribution in [-0.2, 0) is 20.1 Å². The molecule has 0 aliphatic rings. The smallest absolute Gasteiger partial charge is 0.264 e. The summed E-state index contributed by atoms with van der Waals surface area (Å²) in [6.45, 7) is 5.16. The first-order valence-electron chi connectivity index (χ1n) is 7.35. The molecule has 0 bridgehead atoms. The highest BCUT2D eigenvalue weighted by atomic mass is 32.2. The molecule has 0 saturated heterocycles. The lowest BCUT2D eigenvalue weighted by Gasteiger charge is -2.21. The highest BCUT2D eigenvalue weighted by Crippen LogP contribution is 2.00. The maximum Gasteiger partial charge on any atom is 0.264 e. The first kappa shape index (κ1) is 21.7. The van der Waals surface area contributed by atoms with Gasteiger partial charge in [-0.3, -0.25) is 4.55 Å². The molecule has 0 spiro atoms. The predicted molar refractivity (Wildman–Crippen MR) is 85.9 cm³/mol. The van der Waals surface area contributed by atoms with E-state index in [1.54, 1.807) is 13.8 Å². The van der Waals surface area contributed by atoms with Crippen molar-refractivity contribution >= 4 is 20.1 Å². The summed E-state index contributed by atoms with van der Waals surface area (Å²) in [6, 6.07) is 0. The zero-order valence-electron chi connectivity index (χ0n) is 13.2. The Morgan fingerprint density at radius 1 is 1.00 bits per heavy atom. The molecule has 134 valence electrons. The van der Waals surface area contributed by atoms with Crippen LogP contribution < -0.4 is 4.72 Å². The van der Waals surface area contributed by atoms with E-state index in [0.717, 1.165) is 0 Å². The summed E-state index contributed by atoms with van der Waals surface area (Å²) in [5, 5.41) is 8.52. The minimum atomic E-state index is -3.92. The van der Waals surface area contributed by atoms with Crippen molar-refractivity contribution < 1.29 is 26.5 Å². The van der Waals surface area contributed by atoms with Crippen LogP contribution in [0.15, 0.2) is 0 Å². The molecule has 0 amide bonds. The first-order chi connectivity index (χ1) is 10.1. The van der Waals surface area contributed by atoms with Crippen molar-refractivity contribution in [3.8, 4) is 0 Å². The van der Waals surface area contributed by atoms with E-state index >= 15 is 0 Å². The molecule has 8 nitrogen and oxygen atoms in total. The fraction of sp³-hybridized carbons (Fsp3) is 1.00. The van der Waals surface area contributed by atoms with Gasteiger partial charge in [-0.15, -0.1) is 0 Å². The molecule has 0 aromatic heterocycles. The number of rotatable bonds is 13. The zero-order valence-corrected chi connectivity index (χ0v) is 14.9. The molecular formula is C12H28N2O6S2. The summed E-state index contributed by atoms with van der Waals surface area (Å²) in [6.07, 6.45) is 1.53. The van der Waals surface area contributed by atoms with E-state index in [-0.39, 0.29) is 12.4 Å². The van der Waals surface area contributed by atoms with Gasteiger partial charge >= 0.3 is 0 Å². The molecular weight excluding hydrogens is 332 g/mol. The molecule has 0 rings (SSSR count). The molecule has 10 heteroatoms. The van der Waals surface area contributed by atoms with Crippen LogP contribution in [-0.4, -0.2) is 75.2 Å². The lowest BCUT2D eigenvalue weighted by atomic mass is 10.3. The second-order valence-electron chi connectivity index (χ2n) is 5.40. The van der Waals surface area contributed by atoms with E-state index in [4.69, 9.17) is 9.66 Å². The monoisotopic (exact) mass is 360 g/mol. The third kappa shape index (κ3) is 11.3. The van der Waals surface area contributed by atoms with Crippen molar-refractivity contribution in [3.63, 3.8) is 0 Å². The maximum atomic E-state index is 11.6. The highest BCUT2D eigenvalue weighted by Gasteiger charge is 2.14. The number of sulfonamides is 1. The number of unbranched alkanes of at least 4 members (excludes halogenated alkanes) is 1. The Labute approximate surface area is 133 Å². The van der Waals surface area contributed by atoms with Crippen molar-refractivity contribution in [2.24, 2.45) is 0 Å². The van der Waals surface area contributed by atoms with Crippen LogP contribution in [0.5, 0.6) is 0 Å². The Morgan fingerprint density at radius 3 is 2.09 bits per heavy atom. The Kier molecular flexibility index (Phi) is 10.4. The molecule has 0 aromatic carbocycles. The van der Waals surface area contributed by atoms with E-state index in [1.165, 1.54) is 0 Å². The minimum Gasteiger partial charge on any atom is -0.395 e. The molecule has 0 radical (unpaired) electrons. The van der Waals surface area contributed by atoms with Crippen LogP contribution in [0.1, 0.15) is 33.1 Å². The largest absolute Gasteiger partial charge is 0.395 e. The molecule has 0 heterocycles. The van der Waals surface area contributed by atoms with Gasteiger partial charge < -0.3 is 10.0 Å². The van der Waals surface area contributed by atoms with Gasteiger partial charge in [0, 0.05) is 13.1 Å². The van der Waals surface area contributed by atoms with Gasteiger partial charge in [-0.25, -0.2) is 13.1 Å². The summed E-state index contributed by atoms with van der Waals surface area (Å²) >= 11 is 0. The predicted octanol–water partition coefficient (Wildman–Crippen LogP) is -0.333. The zero-order chi connectivity index (χ0) is 17.2.